The molecular formula is C14H19N3O2S2. The third kappa shape index (κ3) is 4.10. The molecule has 0 atom stereocenters. The standard InChI is InChI=1S/C14H19N3O2S2/c1-11-12(8-15-2)4-3-5-14(11)21(18,19)17-7-6-13-9-20-10-16-13/h3-5,9-10,15,17H,6-8H2,1-2H3. The fraction of sp³-hybridized carbons (Fsp3) is 0.357. The average Bonchev–Trinajstić information content (AvgIpc) is 2.94. The van der Waals surface area contributed by atoms with Gasteiger partial charge in [0.1, 0.15) is 0 Å². The van der Waals surface area contributed by atoms with Crippen LogP contribution in [0.15, 0.2) is 34.0 Å². The van der Waals surface area contributed by atoms with Crippen molar-refractivity contribution < 1.29 is 8.42 Å². The van der Waals surface area contributed by atoms with Gasteiger partial charge in [0.25, 0.3) is 0 Å². The van der Waals surface area contributed by atoms with E-state index in [1.54, 1.807) is 17.6 Å². The average molecular weight is 325 g/mol. The smallest absolute Gasteiger partial charge is 0.240 e. The van der Waals surface area contributed by atoms with Crippen LogP contribution >= 0.6 is 11.3 Å². The Morgan fingerprint density at radius 2 is 2.14 bits per heavy atom. The van der Waals surface area contributed by atoms with Crippen molar-refractivity contribution >= 4 is 21.4 Å². The highest BCUT2D eigenvalue weighted by Crippen LogP contribution is 2.18. The number of rotatable bonds is 7. The zero-order chi connectivity index (χ0) is 15.3. The van der Waals surface area contributed by atoms with Crippen molar-refractivity contribution in [3.63, 3.8) is 0 Å². The van der Waals surface area contributed by atoms with E-state index < -0.39 is 10.0 Å². The first-order valence-corrected chi connectivity index (χ1v) is 9.07. The summed E-state index contributed by atoms with van der Waals surface area (Å²) < 4.78 is 27.4. The van der Waals surface area contributed by atoms with Crippen LogP contribution in [0.3, 0.4) is 0 Å². The third-order valence-electron chi connectivity index (χ3n) is 3.21. The first-order chi connectivity index (χ1) is 10.0. The molecule has 1 aromatic carbocycles. The quantitative estimate of drug-likeness (QED) is 0.813. The molecule has 2 aromatic rings. The Hall–Kier alpha value is -1.28. The topological polar surface area (TPSA) is 71.1 Å². The van der Waals surface area contributed by atoms with Crippen LogP contribution in [0.1, 0.15) is 16.8 Å². The molecule has 114 valence electrons. The van der Waals surface area contributed by atoms with E-state index in [-0.39, 0.29) is 0 Å². The monoisotopic (exact) mass is 325 g/mol. The molecule has 0 amide bonds. The molecule has 1 heterocycles. The van der Waals surface area contributed by atoms with Crippen LogP contribution in [0.5, 0.6) is 0 Å². The van der Waals surface area contributed by atoms with Crippen molar-refractivity contribution in [1.82, 2.24) is 15.0 Å². The van der Waals surface area contributed by atoms with E-state index in [0.29, 0.717) is 24.4 Å². The van der Waals surface area contributed by atoms with Gasteiger partial charge < -0.3 is 5.32 Å². The van der Waals surface area contributed by atoms with Crippen molar-refractivity contribution in [1.29, 1.82) is 0 Å². The number of thiazole rings is 1. The van der Waals surface area contributed by atoms with Crippen LogP contribution in [0, 0.1) is 6.92 Å². The van der Waals surface area contributed by atoms with Gasteiger partial charge in [-0.3, -0.25) is 0 Å². The second-order valence-corrected chi connectivity index (χ2v) is 7.15. The Bertz CT molecular complexity index is 682. The van der Waals surface area contributed by atoms with Crippen LogP contribution in [0.4, 0.5) is 0 Å². The summed E-state index contributed by atoms with van der Waals surface area (Å²) >= 11 is 1.51. The highest BCUT2D eigenvalue weighted by atomic mass is 32.2. The maximum absolute atomic E-state index is 12.4. The molecule has 1 aromatic heterocycles. The van der Waals surface area contributed by atoms with Crippen LogP contribution in [0.2, 0.25) is 0 Å². The molecule has 0 spiro atoms. The predicted octanol–water partition coefficient (Wildman–Crippen LogP) is 1.69. The van der Waals surface area contributed by atoms with E-state index in [2.05, 4.69) is 15.0 Å². The van der Waals surface area contributed by atoms with E-state index in [1.807, 2.05) is 25.4 Å². The normalized spacial score (nSPS) is 11.7. The van der Waals surface area contributed by atoms with Gasteiger partial charge >= 0.3 is 0 Å². The molecule has 0 radical (unpaired) electrons. The SMILES string of the molecule is CNCc1cccc(S(=O)(=O)NCCc2cscn2)c1C. The minimum atomic E-state index is -3.49. The summed E-state index contributed by atoms with van der Waals surface area (Å²) in [5.74, 6) is 0. The maximum Gasteiger partial charge on any atom is 0.240 e. The van der Waals surface area contributed by atoms with E-state index >= 15 is 0 Å². The summed E-state index contributed by atoms with van der Waals surface area (Å²) in [5, 5.41) is 4.97. The van der Waals surface area contributed by atoms with Gasteiger partial charge in [0.15, 0.2) is 0 Å². The van der Waals surface area contributed by atoms with Crippen LogP contribution < -0.4 is 10.0 Å². The number of hydrogen-bond acceptors (Lipinski definition) is 5. The summed E-state index contributed by atoms with van der Waals surface area (Å²) in [6, 6.07) is 5.34. The third-order valence-corrected chi connectivity index (χ3v) is 5.45. The molecule has 0 unspecified atom stereocenters. The number of aromatic nitrogens is 1. The molecule has 2 N–H and O–H groups in total. The van der Waals surface area contributed by atoms with Crippen LogP contribution in [-0.2, 0) is 23.0 Å². The number of sulfonamides is 1. The summed E-state index contributed by atoms with van der Waals surface area (Å²) in [4.78, 5) is 4.48. The number of nitrogens with one attached hydrogen (secondary N) is 2. The minimum absolute atomic E-state index is 0.341. The lowest BCUT2D eigenvalue weighted by atomic mass is 10.1. The van der Waals surface area contributed by atoms with Gasteiger partial charge in [0.2, 0.25) is 10.0 Å². The van der Waals surface area contributed by atoms with Crippen LogP contribution in [-0.4, -0.2) is 27.0 Å². The van der Waals surface area contributed by atoms with Crippen molar-refractivity contribution in [3.8, 4) is 0 Å². The van der Waals surface area contributed by atoms with Gasteiger partial charge in [-0.15, -0.1) is 11.3 Å². The molecule has 0 aliphatic carbocycles. The second-order valence-electron chi connectivity index (χ2n) is 4.70. The number of hydrogen-bond donors (Lipinski definition) is 2. The first kappa shape index (κ1) is 16.1. The van der Waals surface area contributed by atoms with Gasteiger partial charge in [0.05, 0.1) is 16.1 Å². The van der Waals surface area contributed by atoms with Gasteiger partial charge in [-0.2, -0.15) is 0 Å². The van der Waals surface area contributed by atoms with Gasteiger partial charge in [-0.25, -0.2) is 18.1 Å². The fourth-order valence-corrected chi connectivity index (χ4v) is 4.00. The Kier molecular flexibility index (Phi) is 5.46. The van der Waals surface area contributed by atoms with Gasteiger partial charge in [0, 0.05) is 24.9 Å². The Labute approximate surface area is 129 Å². The zero-order valence-corrected chi connectivity index (χ0v) is 13.7. The fourth-order valence-electron chi connectivity index (χ4n) is 2.09. The molecule has 21 heavy (non-hydrogen) atoms. The Balaban J connectivity index is 2.10. The minimum Gasteiger partial charge on any atom is -0.316 e. The summed E-state index contributed by atoms with van der Waals surface area (Å²) in [7, 11) is -1.65. The molecule has 0 bridgehead atoms. The van der Waals surface area contributed by atoms with E-state index in [0.717, 1.165) is 16.8 Å². The predicted molar refractivity (Wildman–Crippen MR) is 84.9 cm³/mol. The molecule has 0 aliphatic heterocycles. The Morgan fingerprint density at radius 3 is 2.81 bits per heavy atom. The van der Waals surface area contributed by atoms with Gasteiger partial charge in [-0.1, -0.05) is 12.1 Å². The lowest BCUT2D eigenvalue weighted by molar-refractivity contribution is 0.580. The molecule has 0 fully saturated rings. The summed E-state index contributed by atoms with van der Waals surface area (Å²) in [6.45, 7) is 2.83. The zero-order valence-electron chi connectivity index (χ0n) is 12.1. The lowest BCUT2D eigenvalue weighted by Crippen LogP contribution is -2.27. The Morgan fingerprint density at radius 1 is 1.33 bits per heavy atom. The van der Waals surface area contributed by atoms with Crippen molar-refractivity contribution in [2.75, 3.05) is 13.6 Å². The van der Waals surface area contributed by atoms with Crippen molar-refractivity contribution in [2.24, 2.45) is 0 Å². The van der Waals surface area contributed by atoms with E-state index in [1.165, 1.54) is 11.3 Å². The van der Waals surface area contributed by atoms with Crippen LogP contribution in [0.25, 0.3) is 0 Å². The largest absolute Gasteiger partial charge is 0.316 e. The molecule has 0 aliphatic rings. The molecule has 0 saturated heterocycles. The first-order valence-electron chi connectivity index (χ1n) is 6.64. The van der Waals surface area contributed by atoms with E-state index in [9.17, 15) is 8.42 Å². The van der Waals surface area contributed by atoms with Crippen molar-refractivity contribution in [2.45, 2.75) is 24.8 Å². The molecule has 0 saturated carbocycles. The van der Waals surface area contributed by atoms with Crippen molar-refractivity contribution in [3.05, 3.63) is 45.9 Å². The summed E-state index contributed by atoms with van der Waals surface area (Å²) in [5.41, 5.74) is 4.42. The molecule has 7 heteroatoms. The lowest BCUT2D eigenvalue weighted by Gasteiger charge is -2.12. The van der Waals surface area contributed by atoms with E-state index in [4.69, 9.17) is 0 Å². The highest BCUT2D eigenvalue weighted by molar-refractivity contribution is 7.89. The summed E-state index contributed by atoms with van der Waals surface area (Å²) in [6.07, 6.45) is 0.595. The molecular weight excluding hydrogens is 306 g/mol. The second kappa shape index (κ2) is 7.13. The molecule has 5 nitrogen and oxygen atoms in total. The maximum atomic E-state index is 12.4. The number of nitrogens with zero attached hydrogens (tertiary/aromatic N) is 1. The highest BCUT2D eigenvalue weighted by Gasteiger charge is 2.17. The van der Waals surface area contributed by atoms with Gasteiger partial charge in [-0.05, 0) is 31.2 Å². The number of benzene rings is 1. The molecule has 2 rings (SSSR count).